The van der Waals surface area contributed by atoms with E-state index >= 15 is 0 Å². The van der Waals surface area contributed by atoms with Crippen LogP contribution in [-0.2, 0) is 4.74 Å². The number of aliphatic hydroxyl groups is 2. The van der Waals surface area contributed by atoms with Crippen LogP contribution >= 0.6 is 0 Å². The topological polar surface area (TPSA) is 133 Å². The molecule has 0 spiro atoms. The molecule has 3 heterocycles. The molecule has 2 aromatic heterocycles. The van der Waals surface area contributed by atoms with Gasteiger partial charge in [0.05, 0.1) is 12.4 Å². The number of aromatic nitrogens is 4. The van der Waals surface area contributed by atoms with Gasteiger partial charge in [-0.3, -0.25) is 19.3 Å². The molecular weight excluding hydrogens is 268 g/mol. The summed E-state index contributed by atoms with van der Waals surface area (Å²) in [5.74, 6) is 0. The number of aromatic amines is 2. The van der Waals surface area contributed by atoms with Crippen molar-refractivity contribution in [3.05, 3.63) is 27.2 Å². The fourth-order valence-electron chi connectivity index (χ4n) is 2.44. The summed E-state index contributed by atoms with van der Waals surface area (Å²) in [6, 6.07) is 0. The quantitative estimate of drug-likeness (QED) is 0.526. The van der Waals surface area contributed by atoms with Crippen molar-refractivity contribution in [2.24, 2.45) is 0 Å². The Bertz CT molecular complexity index is 747. The van der Waals surface area contributed by atoms with Crippen molar-refractivity contribution >= 4 is 11.2 Å². The van der Waals surface area contributed by atoms with Gasteiger partial charge in [0.25, 0.3) is 5.56 Å². The van der Waals surface area contributed by atoms with Crippen LogP contribution in [0.15, 0.2) is 15.9 Å². The highest BCUT2D eigenvalue weighted by Gasteiger charge is 2.43. The van der Waals surface area contributed by atoms with E-state index in [1.54, 1.807) is 0 Å². The van der Waals surface area contributed by atoms with Gasteiger partial charge in [0.1, 0.15) is 17.9 Å². The van der Waals surface area contributed by atoms with Crippen LogP contribution in [0.3, 0.4) is 0 Å². The molecule has 0 amide bonds. The molecule has 0 bridgehead atoms. The van der Waals surface area contributed by atoms with E-state index in [2.05, 4.69) is 15.0 Å². The number of imidazole rings is 1. The first-order valence-electron chi connectivity index (χ1n) is 6.23. The third kappa shape index (κ3) is 1.79. The Morgan fingerprint density at radius 3 is 2.75 bits per heavy atom. The summed E-state index contributed by atoms with van der Waals surface area (Å²) in [5, 5.41) is 19.9. The standard InChI is InChI=1S/C11H14N4O5/c1-2-4-6(16)7(17)10(20-4)15-3-12-5-8(15)13-11(19)14-9(5)18/h3-4,6-7,10,16-17H,2H2,1H3,(H2,13,14,18,19)/t4-,6-,7-,10-/m1/s1. The van der Waals surface area contributed by atoms with E-state index in [1.807, 2.05) is 6.92 Å². The fraction of sp³-hybridized carbons (Fsp3) is 0.545. The number of rotatable bonds is 2. The van der Waals surface area contributed by atoms with E-state index in [0.29, 0.717) is 6.42 Å². The Labute approximate surface area is 111 Å². The van der Waals surface area contributed by atoms with Gasteiger partial charge in [-0.05, 0) is 6.42 Å². The highest BCUT2D eigenvalue weighted by molar-refractivity contribution is 5.68. The molecule has 4 atom stereocenters. The maximum absolute atomic E-state index is 11.6. The molecule has 0 aromatic carbocycles. The van der Waals surface area contributed by atoms with Gasteiger partial charge in [-0.25, -0.2) is 9.78 Å². The largest absolute Gasteiger partial charge is 0.388 e. The lowest BCUT2D eigenvalue weighted by molar-refractivity contribution is -0.0355. The molecule has 0 aliphatic carbocycles. The Kier molecular flexibility index (Phi) is 2.96. The summed E-state index contributed by atoms with van der Waals surface area (Å²) in [4.78, 5) is 31.3. The molecule has 9 nitrogen and oxygen atoms in total. The molecular formula is C11H14N4O5. The van der Waals surface area contributed by atoms with Gasteiger partial charge in [-0.2, -0.15) is 0 Å². The first-order valence-corrected chi connectivity index (χ1v) is 6.23. The molecule has 0 unspecified atom stereocenters. The summed E-state index contributed by atoms with van der Waals surface area (Å²) < 4.78 is 6.90. The molecule has 3 rings (SSSR count). The van der Waals surface area contributed by atoms with Gasteiger partial charge in [0, 0.05) is 0 Å². The summed E-state index contributed by atoms with van der Waals surface area (Å²) >= 11 is 0. The SMILES string of the molecule is CC[C@H]1O[C@@H](n2cnc3c(=O)[nH]c(=O)[nH]c32)[C@H](O)[C@@H]1O. The zero-order valence-corrected chi connectivity index (χ0v) is 10.6. The zero-order valence-electron chi connectivity index (χ0n) is 10.6. The summed E-state index contributed by atoms with van der Waals surface area (Å²) in [7, 11) is 0. The highest BCUT2D eigenvalue weighted by Crippen LogP contribution is 2.31. The number of hydrogen-bond donors (Lipinski definition) is 4. The molecule has 4 N–H and O–H groups in total. The number of H-pyrrole nitrogens is 2. The lowest BCUT2D eigenvalue weighted by Gasteiger charge is -2.16. The Morgan fingerprint density at radius 2 is 2.10 bits per heavy atom. The van der Waals surface area contributed by atoms with Gasteiger partial charge in [0.15, 0.2) is 11.7 Å². The fourth-order valence-corrected chi connectivity index (χ4v) is 2.44. The van der Waals surface area contributed by atoms with Crippen molar-refractivity contribution in [3.8, 4) is 0 Å². The maximum atomic E-state index is 11.6. The van der Waals surface area contributed by atoms with Crippen LogP contribution in [0.2, 0.25) is 0 Å². The first kappa shape index (κ1) is 13.0. The molecule has 0 saturated carbocycles. The van der Waals surface area contributed by atoms with E-state index in [4.69, 9.17) is 4.74 Å². The minimum Gasteiger partial charge on any atom is -0.388 e. The monoisotopic (exact) mass is 282 g/mol. The second kappa shape index (κ2) is 4.54. The lowest BCUT2D eigenvalue weighted by atomic mass is 10.1. The average molecular weight is 282 g/mol. The van der Waals surface area contributed by atoms with E-state index in [0.717, 1.165) is 0 Å². The number of nitrogens with one attached hydrogen (secondary N) is 2. The van der Waals surface area contributed by atoms with Crippen molar-refractivity contribution < 1.29 is 14.9 Å². The van der Waals surface area contributed by atoms with Crippen LogP contribution in [0.1, 0.15) is 19.6 Å². The Morgan fingerprint density at radius 1 is 1.35 bits per heavy atom. The summed E-state index contributed by atoms with van der Waals surface area (Å²) in [6.07, 6.45) is -1.80. The van der Waals surface area contributed by atoms with Gasteiger partial charge in [-0.1, -0.05) is 6.92 Å². The minimum absolute atomic E-state index is 0.0369. The van der Waals surface area contributed by atoms with Gasteiger partial charge in [0.2, 0.25) is 0 Å². The minimum atomic E-state index is -1.17. The lowest BCUT2D eigenvalue weighted by Crippen LogP contribution is -2.31. The van der Waals surface area contributed by atoms with Gasteiger partial charge < -0.3 is 14.9 Å². The van der Waals surface area contributed by atoms with Crippen molar-refractivity contribution in [3.63, 3.8) is 0 Å². The summed E-state index contributed by atoms with van der Waals surface area (Å²) in [6.45, 7) is 1.82. The molecule has 20 heavy (non-hydrogen) atoms. The molecule has 0 radical (unpaired) electrons. The molecule has 108 valence electrons. The van der Waals surface area contributed by atoms with Crippen LogP contribution in [0.5, 0.6) is 0 Å². The van der Waals surface area contributed by atoms with Crippen molar-refractivity contribution in [2.45, 2.75) is 37.9 Å². The molecule has 1 aliphatic rings. The van der Waals surface area contributed by atoms with Gasteiger partial charge in [-0.15, -0.1) is 0 Å². The third-order valence-corrected chi connectivity index (χ3v) is 3.48. The normalized spacial score (nSPS) is 30.1. The van der Waals surface area contributed by atoms with Crippen molar-refractivity contribution in [1.82, 2.24) is 19.5 Å². The van der Waals surface area contributed by atoms with E-state index in [9.17, 15) is 19.8 Å². The van der Waals surface area contributed by atoms with Crippen molar-refractivity contribution in [1.29, 1.82) is 0 Å². The number of ether oxygens (including phenoxy) is 1. The zero-order chi connectivity index (χ0) is 14.4. The van der Waals surface area contributed by atoms with E-state index < -0.39 is 35.8 Å². The van der Waals surface area contributed by atoms with Crippen LogP contribution < -0.4 is 11.2 Å². The molecule has 1 saturated heterocycles. The number of aliphatic hydroxyl groups excluding tert-OH is 2. The Balaban J connectivity index is 2.12. The predicted octanol–water partition coefficient (Wildman–Crippen LogP) is -1.56. The van der Waals surface area contributed by atoms with Crippen LogP contribution in [-0.4, -0.2) is 48.0 Å². The van der Waals surface area contributed by atoms with Gasteiger partial charge >= 0.3 is 5.69 Å². The predicted molar refractivity (Wildman–Crippen MR) is 67.2 cm³/mol. The number of hydrogen-bond acceptors (Lipinski definition) is 6. The van der Waals surface area contributed by atoms with Crippen LogP contribution in [0.4, 0.5) is 0 Å². The molecule has 9 heteroatoms. The first-order chi connectivity index (χ1) is 9.52. The van der Waals surface area contributed by atoms with E-state index in [-0.39, 0.29) is 11.2 Å². The van der Waals surface area contributed by atoms with Crippen LogP contribution in [0, 0.1) is 0 Å². The summed E-state index contributed by atoms with van der Waals surface area (Å²) in [5.41, 5.74) is -1.12. The second-order valence-electron chi connectivity index (χ2n) is 4.71. The molecule has 1 fully saturated rings. The molecule has 1 aliphatic heterocycles. The number of nitrogens with zero attached hydrogens (tertiary/aromatic N) is 2. The van der Waals surface area contributed by atoms with Crippen LogP contribution in [0.25, 0.3) is 11.2 Å². The second-order valence-corrected chi connectivity index (χ2v) is 4.71. The Hall–Kier alpha value is -1.97. The van der Waals surface area contributed by atoms with E-state index in [1.165, 1.54) is 10.9 Å². The average Bonchev–Trinajstić information content (AvgIpc) is 2.93. The highest BCUT2D eigenvalue weighted by atomic mass is 16.6. The maximum Gasteiger partial charge on any atom is 0.327 e. The third-order valence-electron chi connectivity index (χ3n) is 3.48. The van der Waals surface area contributed by atoms with Crippen molar-refractivity contribution in [2.75, 3.05) is 0 Å². The molecule has 2 aromatic rings. The smallest absolute Gasteiger partial charge is 0.327 e. The number of fused-ring (bicyclic) bond motifs is 1.